The summed E-state index contributed by atoms with van der Waals surface area (Å²) in [5, 5.41) is 7.41. The van der Waals surface area contributed by atoms with Gasteiger partial charge < -0.3 is 10.2 Å². The molecule has 0 amide bonds. The SMILES string of the molecule is CC1CCN(c2ccc(Nc3ncnc4scc(-c5ccc(Cl)cc5)c34)cc2)CC1. The molecule has 0 bridgehead atoms. The highest BCUT2D eigenvalue weighted by Gasteiger charge is 2.16. The lowest BCUT2D eigenvalue weighted by atomic mass is 9.99. The Bertz CT molecular complexity index is 1150. The molecule has 1 N–H and O–H groups in total. The molecule has 6 heteroatoms. The molecule has 0 radical (unpaired) electrons. The van der Waals surface area contributed by atoms with Crippen molar-refractivity contribution in [3.05, 3.63) is 65.3 Å². The minimum Gasteiger partial charge on any atom is -0.372 e. The van der Waals surface area contributed by atoms with Gasteiger partial charge in [0.15, 0.2) is 0 Å². The van der Waals surface area contributed by atoms with Crippen LogP contribution in [0.1, 0.15) is 19.8 Å². The van der Waals surface area contributed by atoms with Crippen LogP contribution in [0, 0.1) is 5.92 Å². The zero-order valence-electron chi connectivity index (χ0n) is 16.8. The number of rotatable bonds is 4. The molecule has 1 saturated heterocycles. The van der Waals surface area contributed by atoms with Crippen LogP contribution in [-0.2, 0) is 0 Å². The molecule has 3 heterocycles. The standard InChI is InChI=1S/C24H23ClN4S/c1-16-10-12-29(13-11-16)20-8-6-19(7-9-20)28-23-22-21(14-30-24(22)27-15-26-23)17-2-4-18(25)5-3-17/h2-9,14-16H,10-13H2,1H3,(H,26,27,28). The molecule has 5 rings (SSSR count). The van der Waals surface area contributed by atoms with Crippen molar-refractivity contribution in [2.45, 2.75) is 19.8 Å². The van der Waals surface area contributed by atoms with Crippen LogP contribution in [-0.4, -0.2) is 23.1 Å². The third kappa shape index (κ3) is 3.87. The van der Waals surface area contributed by atoms with Gasteiger partial charge in [-0.3, -0.25) is 0 Å². The second-order valence-electron chi connectivity index (χ2n) is 7.90. The van der Waals surface area contributed by atoms with Crippen LogP contribution in [0.4, 0.5) is 17.2 Å². The van der Waals surface area contributed by atoms with Gasteiger partial charge in [0.2, 0.25) is 0 Å². The second kappa shape index (κ2) is 8.25. The number of anilines is 3. The third-order valence-corrected chi connectivity index (χ3v) is 6.94. The minimum atomic E-state index is 0.733. The van der Waals surface area contributed by atoms with Crippen molar-refractivity contribution in [2.24, 2.45) is 5.92 Å². The smallest absolute Gasteiger partial charge is 0.143 e. The second-order valence-corrected chi connectivity index (χ2v) is 9.19. The Balaban J connectivity index is 1.43. The molecule has 0 spiro atoms. The largest absolute Gasteiger partial charge is 0.372 e. The summed E-state index contributed by atoms with van der Waals surface area (Å²) >= 11 is 7.70. The van der Waals surface area contributed by atoms with Crippen molar-refractivity contribution < 1.29 is 0 Å². The lowest BCUT2D eigenvalue weighted by molar-refractivity contribution is 0.438. The van der Waals surface area contributed by atoms with Gasteiger partial charge in [0, 0.05) is 40.4 Å². The van der Waals surface area contributed by atoms with Crippen molar-refractivity contribution >= 4 is 50.3 Å². The van der Waals surface area contributed by atoms with Crippen molar-refractivity contribution in [1.29, 1.82) is 0 Å². The van der Waals surface area contributed by atoms with Crippen LogP contribution >= 0.6 is 22.9 Å². The first-order valence-electron chi connectivity index (χ1n) is 10.3. The fourth-order valence-corrected chi connectivity index (χ4v) is 5.01. The van der Waals surface area contributed by atoms with Crippen LogP contribution < -0.4 is 10.2 Å². The maximum absolute atomic E-state index is 6.07. The fourth-order valence-electron chi connectivity index (χ4n) is 3.97. The van der Waals surface area contributed by atoms with Gasteiger partial charge in [0.25, 0.3) is 0 Å². The number of aromatic nitrogens is 2. The first-order chi connectivity index (χ1) is 14.7. The first kappa shape index (κ1) is 19.3. The van der Waals surface area contributed by atoms with Crippen LogP contribution in [0.3, 0.4) is 0 Å². The van der Waals surface area contributed by atoms with Gasteiger partial charge in [-0.2, -0.15) is 0 Å². The van der Waals surface area contributed by atoms with Crippen molar-refractivity contribution in [3.63, 3.8) is 0 Å². The average Bonchev–Trinajstić information content (AvgIpc) is 3.21. The van der Waals surface area contributed by atoms with E-state index in [2.05, 4.69) is 56.8 Å². The first-order valence-corrected chi connectivity index (χ1v) is 11.5. The topological polar surface area (TPSA) is 41.0 Å². The number of benzene rings is 2. The van der Waals surface area contributed by atoms with Gasteiger partial charge in [0.05, 0.1) is 5.39 Å². The van der Waals surface area contributed by atoms with E-state index in [-0.39, 0.29) is 0 Å². The van der Waals surface area contributed by atoms with Crippen LogP contribution in [0.2, 0.25) is 5.02 Å². The van der Waals surface area contributed by atoms with Crippen LogP contribution in [0.5, 0.6) is 0 Å². The summed E-state index contributed by atoms with van der Waals surface area (Å²) in [6.45, 7) is 4.62. The quantitative estimate of drug-likeness (QED) is 0.375. The molecule has 1 fully saturated rings. The Hall–Kier alpha value is -2.63. The molecule has 1 aliphatic rings. The summed E-state index contributed by atoms with van der Waals surface area (Å²) in [6, 6.07) is 16.6. The summed E-state index contributed by atoms with van der Waals surface area (Å²) in [4.78, 5) is 12.5. The minimum absolute atomic E-state index is 0.733. The molecule has 4 nitrogen and oxygen atoms in total. The van der Waals surface area contributed by atoms with Gasteiger partial charge >= 0.3 is 0 Å². The molecular weight excluding hydrogens is 412 g/mol. The molecule has 2 aromatic heterocycles. The summed E-state index contributed by atoms with van der Waals surface area (Å²) in [5.41, 5.74) is 4.54. The number of hydrogen-bond donors (Lipinski definition) is 1. The number of nitrogens with zero attached hydrogens (tertiary/aromatic N) is 3. The number of thiophene rings is 1. The summed E-state index contributed by atoms with van der Waals surface area (Å²) in [5.74, 6) is 1.66. The van der Waals surface area contributed by atoms with Gasteiger partial charge in [0.1, 0.15) is 17.0 Å². The van der Waals surface area contributed by atoms with Crippen molar-refractivity contribution in [2.75, 3.05) is 23.3 Å². The van der Waals surface area contributed by atoms with E-state index in [9.17, 15) is 0 Å². The van der Waals surface area contributed by atoms with E-state index in [0.29, 0.717) is 0 Å². The van der Waals surface area contributed by atoms with E-state index >= 15 is 0 Å². The van der Waals surface area contributed by atoms with Gasteiger partial charge in [-0.05, 0) is 60.7 Å². The van der Waals surface area contributed by atoms with Crippen LogP contribution in [0.25, 0.3) is 21.3 Å². The Morgan fingerprint density at radius 2 is 1.73 bits per heavy atom. The predicted octanol–water partition coefficient (Wildman–Crippen LogP) is 6.99. The lowest BCUT2D eigenvalue weighted by Crippen LogP contribution is -2.32. The number of halogens is 1. The fraction of sp³-hybridized carbons (Fsp3) is 0.250. The molecule has 30 heavy (non-hydrogen) atoms. The Kier molecular flexibility index (Phi) is 5.32. The zero-order chi connectivity index (χ0) is 20.5. The maximum Gasteiger partial charge on any atom is 0.143 e. The van der Waals surface area contributed by atoms with E-state index in [1.165, 1.54) is 18.5 Å². The molecule has 0 unspecified atom stereocenters. The molecule has 1 aliphatic heterocycles. The van der Waals surface area contributed by atoms with Gasteiger partial charge in [-0.25, -0.2) is 9.97 Å². The Morgan fingerprint density at radius 3 is 2.47 bits per heavy atom. The molecule has 152 valence electrons. The summed E-state index contributed by atoms with van der Waals surface area (Å²) in [7, 11) is 0. The highest BCUT2D eigenvalue weighted by atomic mass is 35.5. The normalized spacial score (nSPS) is 14.9. The van der Waals surface area contributed by atoms with E-state index in [1.54, 1.807) is 17.7 Å². The van der Waals surface area contributed by atoms with E-state index in [4.69, 9.17) is 11.6 Å². The van der Waals surface area contributed by atoms with Crippen molar-refractivity contribution in [1.82, 2.24) is 9.97 Å². The van der Waals surface area contributed by atoms with E-state index < -0.39 is 0 Å². The number of nitrogens with one attached hydrogen (secondary N) is 1. The molecular formula is C24H23ClN4S. The number of hydrogen-bond acceptors (Lipinski definition) is 5. The van der Waals surface area contributed by atoms with Crippen LogP contribution in [0.15, 0.2) is 60.2 Å². The van der Waals surface area contributed by atoms with E-state index in [1.807, 2.05) is 24.3 Å². The molecule has 0 atom stereocenters. The number of piperidine rings is 1. The molecule has 4 aromatic rings. The molecule has 0 saturated carbocycles. The lowest BCUT2D eigenvalue weighted by Gasteiger charge is -2.32. The van der Waals surface area contributed by atoms with E-state index in [0.717, 1.165) is 56.9 Å². The Morgan fingerprint density at radius 1 is 1.00 bits per heavy atom. The zero-order valence-corrected chi connectivity index (χ0v) is 18.4. The predicted molar refractivity (Wildman–Crippen MR) is 128 cm³/mol. The maximum atomic E-state index is 6.07. The van der Waals surface area contributed by atoms with Gasteiger partial charge in [-0.15, -0.1) is 11.3 Å². The summed E-state index contributed by atoms with van der Waals surface area (Å²) < 4.78 is 0. The Labute approximate surface area is 185 Å². The van der Waals surface area contributed by atoms with Gasteiger partial charge in [-0.1, -0.05) is 30.7 Å². The summed E-state index contributed by atoms with van der Waals surface area (Å²) in [6.07, 6.45) is 4.16. The highest BCUT2D eigenvalue weighted by molar-refractivity contribution is 7.17. The highest BCUT2D eigenvalue weighted by Crippen LogP contribution is 2.38. The number of fused-ring (bicyclic) bond motifs is 1. The monoisotopic (exact) mass is 434 g/mol. The average molecular weight is 435 g/mol. The van der Waals surface area contributed by atoms with Crippen molar-refractivity contribution in [3.8, 4) is 11.1 Å². The molecule has 2 aromatic carbocycles. The third-order valence-electron chi connectivity index (χ3n) is 5.80. The molecule has 0 aliphatic carbocycles.